The molecule has 0 aliphatic heterocycles. The lowest BCUT2D eigenvalue weighted by Crippen LogP contribution is -2.52. The van der Waals surface area contributed by atoms with Crippen molar-refractivity contribution in [1.29, 1.82) is 0 Å². The Morgan fingerprint density at radius 3 is 0.444 bits per heavy atom. The molecule has 8 unspecified atom stereocenters. The molecular formula is C80H188O16Si12. The average molecular weight is 1740 g/mol. The van der Waals surface area contributed by atoms with E-state index in [1.165, 1.54) is 96.7 Å². The Bertz CT molecular complexity index is 1990. The van der Waals surface area contributed by atoms with Crippen LogP contribution >= 0.6 is 0 Å². The van der Waals surface area contributed by atoms with Crippen molar-refractivity contribution < 1.29 is 74.8 Å². The number of aliphatic hydroxyl groups excluding tert-OH is 4. The van der Waals surface area contributed by atoms with Crippen molar-refractivity contribution in [2.45, 2.75) is 435 Å². The highest BCUT2D eigenvalue weighted by atomic mass is 28.4. The predicted molar refractivity (Wildman–Crippen MR) is 498 cm³/mol. The van der Waals surface area contributed by atoms with Crippen LogP contribution in [0.25, 0.3) is 0 Å². The van der Waals surface area contributed by atoms with Gasteiger partial charge in [0.2, 0.25) is 0 Å². The van der Waals surface area contributed by atoms with Crippen LogP contribution in [0.3, 0.4) is 0 Å². The van der Waals surface area contributed by atoms with Crippen molar-refractivity contribution in [1.82, 2.24) is 0 Å². The molecule has 0 amide bonds. The first-order chi connectivity index (χ1) is 50.1. The van der Waals surface area contributed by atoms with Gasteiger partial charge in [0, 0.05) is 52.9 Å². The van der Waals surface area contributed by atoms with Gasteiger partial charge in [-0.3, -0.25) is 0 Å². The number of hydrogen-bond acceptors (Lipinski definition) is 16. The summed E-state index contributed by atoms with van der Waals surface area (Å²) < 4.78 is 79.8. The van der Waals surface area contributed by atoms with Crippen molar-refractivity contribution in [3.8, 4) is 0 Å². The van der Waals surface area contributed by atoms with Crippen molar-refractivity contribution in [2.24, 2.45) is 0 Å². The van der Waals surface area contributed by atoms with Crippen LogP contribution in [0, 0.1) is 0 Å². The van der Waals surface area contributed by atoms with Gasteiger partial charge in [0.15, 0.2) is 66.5 Å². The van der Waals surface area contributed by atoms with E-state index in [-0.39, 0.29) is 26.4 Å². The Morgan fingerprint density at radius 1 is 0.194 bits per heavy atom. The van der Waals surface area contributed by atoms with E-state index < -0.39 is 148 Å². The van der Waals surface area contributed by atoms with Crippen LogP contribution in [0.1, 0.15) is 134 Å². The molecule has 0 saturated heterocycles. The van der Waals surface area contributed by atoms with E-state index in [9.17, 15) is 20.4 Å². The van der Waals surface area contributed by atoms with Gasteiger partial charge < -0.3 is 74.8 Å². The minimum Gasteiger partial charge on any atom is -0.456 e. The predicted octanol–water partition coefficient (Wildman–Crippen LogP) is 22.4. The first-order valence-electron chi connectivity index (χ1n) is 44.3. The first kappa shape index (κ1) is 112. The maximum atomic E-state index is 10.9. The smallest absolute Gasteiger partial charge is 0.173 e. The van der Waals surface area contributed by atoms with Crippen molar-refractivity contribution >= 4 is 98.8 Å². The maximum absolute atomic E-state index is 10.9. The van der Waals surface area contributed by atoms with Gasteiger partial charge in [0.25, 0.3) is 0 Å². The summed E-state index contributed by atoms with van der Waals surface area (Å²) in [6.45, 7) is 77.3. The highest BCUT2D eigenvalue weighted by Crippen LogP contribution is 2.34. The molecule has 108 heavy (non-hydrogen) atoms. The van der Waals surface area contributed by atoms with Crippen LogP contribution in [0.4, 0.5) is 0 Å². The fourth-order valence-electron chi connectivity index (χ4n) is 16.9. The summed E-state index contributed by atoms with van der Waals surface area (Å²) in [5.41, 5.74) is 0. The zero-order chi connectivity index (χ0) is 83.4. The van der Waals surface area contributed by atoms with Gasteiger partial charge in [0.05, 0.1) is 58.7 Å². The standard InChI is InChI=1S/C42H94O6Si4.C38H94O10Si8/c1-13-49(14-2,15-3)33-25-29-45-39(37-43)41(47-31-27-35-51(19-7,20-8)21-9)42(48-32-28-36-52(22-10,23-11)24-12)40(38-44)46-30-26-34-50(16-4,17-5)18-6;1-49(2,3)45-53(13,14)29-21-25-41-35(33-39)37(43-27-23-31-55(17,18)47-51(7,8)9)38(44-28-24-32-56(19,20)48-52(10,11)12)36(34-40)42-26-22-30-54(15,16)46-50(4,5)6/h39-44H,13-38H2,1-12H3;35-40H,21-34H2,1-20H3. The van der Waals surface area contributed by atoms with Gasteiger partial charge in [-0.1, -0.05) is 180 Å². The molecule has 16 nitrogen and oxygen atoms in total. The van der Waals surface area contributed by atoms with E-state index in [1.807, 2.05) is 0 Å². The lowest BCUT2D eigenvalue weighted by molar-refractivity contribution is -0.191. The summed E-state index contributed by atoms with van der Waals surface area (Å²) in [6, 6.07) is 24.7. The Balaban J connectivity index is 0. The van der Waals surface area contributed by atoms with Crippen LogP contribution in [0.2, 0.25) is 252 Å². The van der Waals surface area contributed by atoms with Crippen LogP contribution in [-0.4, -0.2) is 247 Å². The lowest BCUT2D eigenvalue weighted by Gasteiger charge is -2.37. The number of aliphatic hydroxyl groups is 4. The summed E-state index contributed by atoms with van der Waals surface area (Å²) in [5, 5.41) is 43.7. The van der Waals surface area contributed by atoms with Crippen molar-refractivity contribution in [2.75, 3.05) is 79.3 Å². The van der Waals surface area contributed by atoms with E-state index in [1.54, 1.807) is 0 Å². The average Bonchev–Trinajstić information content (AvgIpc) is 0.841. The first-order valence-corrected chi connectivity index (χ1v) is 81.7. The van der Waals surface area contributed by atoms with E-state index in [0.717, 1.165) is 75.5 Å². The Morgan fingerprint density at radius 2 is 0.324 bits per heavy atom. The van der Waals surface area contributed by atoms with Crippen molar-refractivity contribution in [3.05, 3.63) is 0 Å². The van der Waals surface area contributed by atoms with Gasteiger partial charge >= 0.3 is 0 Å². The molecule has 0 aliphatic rings. The normalized spacial score (nSPS) is 16.1. The summed E-state index contributed by atoms with van der Waals surface area (Å²) >= 11 is 0. The fourth-order valence-corrected chi connectivity index (χ4v) is 62.9. The number of hydrogen-bond donors (Lipinski definition) is 4. The fraction of sp³-hybridized carbons (Fsp3) is 1.00. The van der Waals surface area contributed by atoms with Crippen LogP contribution in [0.15, 0.2) is 0 Å². The Kier molecular flexibility index (Phi) is 58.6. The second-order valence-electron chi connectivity index (χ2n) is 38.7. The molecule has 0 aromatic carbocycles. The molecule has 0 spiro atoms. The molecule has 0 bridgehead atoms. The summed E-state index contributed by atoms with van der Waals surface area (Å²) in [6.07, 6.45) is 2.74. The Hall–Kier alpha value is 1.96. The Labute approximate surface area is 683 Å². The quantitative estimate of drug-likeness (QED) is 0.0332. The molecule has 0 saturated carbocycles. The van der Waals surface area contributed by atoms with Crippen LogP contribution in [0.5, 0.6) is 0 Å². The number of ether oxygens (including phenoxy) is 8. The molecule has 652 valence electrons. The third-order valence-corrected chi connectivity index (χ3v) is 72.4. The van der Waals surface area contributed by atoms with E-state index >= 15 is 0 Å². The molecule has 0 heterocycles. The maximum Gasteiger partial charge on any atom is 0.173 e. The second-order valence-corrected chi connectivity index (χ2v) is 97.4. The van der Waals surface area contributed by atoms with E-state index in [0.29, 0.717) is 52.9 Å². The highest BCUT2D eigenvalue weighted by molar-refractivity contribution is 6.86. The third-order valence-electron chi connectivity index (χ3n) is 23.8. The zero-order valence-corrected chi connectivity index (χ0v) is 89.6. The van der Waals surface area contributed by atoms with Gasteiger partial charge in [-0.15, -0.1) is 0 Å². The molecule has 0 aliphatic carbocycles. The monoisotopic (exact) mass is 1740 g/mol. The van der Waals surface area contributed by atoms with E-state index in [4.69, 9.17) is 54.4 Å². The molecule has 28 heteroatoms. The SMILES string of the molecule is CC[Si](CC)(CC)CCCOC(CO)C(OCCC[Si](CC)(CC)CC)C(OCCC[Si](CC)(CC)CC)C(CO)OCCC[Si](CC)(CC)CC.C[Si](C)(C)O[Si](C)(C)CCCOC(CO)C(OCCC[Si](C)(C)O[Si](C)(C)C)C(OCCC[Si](C)(C)O[Si](C)(C)C)C(CO)OCCC[Si](C)(C)O[Si](C)(C)C. The summed E-state index contributed by atoms with van der Waals surface area (Å²) in [4.78, 5) is 0. The van der Waals surface area contributed by atoms with E-state index in [2.05, 4.69) is 214 Å². The molecule has 0 rings (SSSR count). The van der Waals surface area contributed by atoms with Gasteiger partial charge in [0.1, 0.15) is 48.8 Å². The summed E-state index contributed by atoms with van der Waals surface area (Å²) in [7, 11) is -19.2. The minimum atomic E-state index is -1.89. The zero-order valence-electron chi connectivity index (χ0n) is 77.6. The van der Waals surface area contributed by atoms with Gasteiger partial charge in [-0.2, -0.15) is 0 Å². The van der Waals surface area contributed by atoms with Crippen molar-refractivity contribution in [3.63, 3.8) is 0 Å². The molecule has 4 N–H and O–H groups in total. The molecule has 0 radical (unpaired) electrons. The largest absolute Gasteiger partial charge is 0.456 e. The minimum absolute atomic E-state index is 0.132. The van der Waals surface area contributed by atoms with Crippen LogP contribution in [-0.2, 0) is 54.4 Å². The third kappa shape index (κ3) is 49.5. The van der Waals surface area contributed by atoms with Gasteiger partial charge in [-0.25, -0.2) is 0 Å². The van der Waals surface area contributed by atoms with Crippen LogP contribution < -0.4 is 0 Å². The molecule has 0 aromatic heterocycles. The van der Waals surface area contributed by atoms with Gasteiger partial charge in [-0.05, 0) is 206 Å². The topological polar surface area (TPSA) is 192 Å². The lowest BCUT2D eigenvalue weighted by atomic mass is 10.0. The molecule has 0 fully saturated rings. The highest BCUT2D eigenvalue weighted by Gasteiger charge is 2.43. The number of rotatable bonds is 70. The second kappa shape index (κ2) is 56.5. The summed E-state index contributed by atoms with van der Waals surface area (Å²) in [5.74, 6) is 0. The molecular weight excluding hydrogens is 1550 g/mol. The molecule has 0 aromatic rings. The molecule has 8 atom stereocenters.